The molecular weight excluding hydrogens is 322 g/mol. The van der Waals surface area contributed by atoms with Crippen molar-refractivity contribution >= 4 is 17.5 Å². The van der Waals surface area contributed by atoms with E-state index in [4.69, 9.17) is 20.5 Å². The van der Waals surface area contributed by atoms with Crippen LogP contribution in [0.5, 0.6) is 0 Å². The molecule has 0 fully saturated rings. The third-order valence-corrected chi connectivity index (χ3v) is 3.75. The first kappa shape index (κ1) is 15.3. The summed E-state index contributed by atoms with van der Waals surface area (Å²) in [5, 5.41) is 11.3. The average molecular weight is 336 g/mol. The van der Waals surface area contributed by atoms with E-state index >= 15 is 0 Å². The van der Waals surface area contributed by atoms with E-state index in [2.05, 4.69) is 20.6 Å². The molecule has 1 unspecified atom stereocenters. The molecule has 1 atom stereocenters. The quantitative estimate of drug-likeness (QED) is 0.786. The highest BCUT2D eigenvalue weighted by Gasteiger charge is 2.22. The van der Waals surface area contributed by atoms with Crippen LogP contribution in [0.15, 0.2) is 27.5 Å². The molecule has 3 aromatic rings. The van der Waals surface area contributed by atoms with Gasteiger partial charge in [-0.2, -0.15) is 10.1 Å². The number of carbonyl (C=O) groups excluding carboxylic acids is 1. The summed E-state index contributed by atoms with van der Waals surface area (Å²) in [5.41, 5.74) is 1.72. The zero-order valence-electron chi connectivity index (χ0n) is 12.7. The van der Waals surface area contributed by atoms with Gasteiger partial charge >= 0.3 is 0 Å². The van der Waals surface area contributed by atoms with Crippen molar-refractivity contribution in [3.05, 3.63) is 40.9 Å². The second-order valence-corrected chi connectivity index (χ2v) is 5.40. The van der Waals surface area contributed by atoms with Crippen LogP contribution in [0, 0.1) is 6.92 Å². The van der Waals surface area contributed by atoms with E-state index in [1.54, 1.807) is 27.0 Å². The Kier molecular flexibility index (Phi) is 3.91. The molecule has 0 aliphatic heterocycles. The fourth-order valence-electron chi connectivity index (χ4n) is 2.13. The van der Waals surface area contributed by atoms with Crippen LogP contribution < -0.4 is 5.32 Å². The smallest absolute Gasteiger partial charge is 0.255 e. The van der Waals surface area contributed by atoms with Crippen LogP contribution in [0.25, 0.3) is 11.4 Å². The molecule has 3 aromatic heterocycles. The predicted octanol–water partition coefficient (Wildman–Crippen LogP) is 2.52. The normalized spacial score (nSPS) is 12.3. The van der Waals surface area contributed by atoms with Gasteiger partial charge in [-0.3, -0.25) is 9.48 Å². The fourth-order valence-corrected chi connectivity index (χ4v) is 2.39. The summed E-state index contributed by atoms with van der Waals surface area (Å²) in [5.74, 6) is 0.317. The van der Waals surface area contributed by atoms with Crippen molar-refractivity contribution in [1.82, 2.24) is 25.2 Å². The van der Waals surface area contributed by atoms with E-state index in [0.29, 0.717) is 27.8 Å². The molecule has 9 heteroatoms. The van der Waals surface area contributed by atoms with E-state index in [-0.39, 0.29) is 11.8 Å². The van der Waals surface area contributed by atoms with E-state index in [1.165, 1.54) is 17.2 Å². The number of aromatic nitrogens is 4. The van der Waals surface area contributed by atoms with Gasteiger partial charge in [-0.25, -0.2) is 0 Å². The maximum absolute atomic E-state index is 12.0. The average Bonchev–Trinajstić information content (AvgIpc) is 3.22. The van der Waals surface area contributed by atoms with Crippen molar-refractivity contribution in [3.63, 3.8) is 0 Å². The Morgan fingerprint density at radius 3 is 2.87 bits per heavy atom. The van der Waals surface area contributed by atoms with Gasteiger partial charge in [0.15, 0.2) is 0 Å². The third kappa shape index (κ3) is 2.85. The van der Waals surface area contributed by atoms with Gasteiger partial charge in [-0.1, -0.05) is 16.8 Å². The van der Waals surface area contributed by atoms with Crippen molar-refractivity contribution in [2.75, 3.05) is 0 Å². The molecule has 0 radical (unpaired) electrons. The highest BCUT2D eigenvalue weighted by Crippen LogP contribution is 2.29. The van der Waals surface area contributed by atoms with Gasteiger partial charge in [0, 0.05) is 7.05 Å². The Bertz CT molecular complexity index is 837. The molecule has 0 aromatic carbocycles. The lowest BCUT2D eigenvalue weighted by molar-refractivity contribution is 0.0932. The first-order valence-electron chi connectivity index (χ1n) is 6.83. The van der Waals surface area contributed by atoms with Gasteiger partial charge in [0.1, 0.15) is 17.5 Å². The summed E-state index contributed by atoms with van der Waals surface area (Å²) >= 11 is 6.19. The van der Waals surface area contributed by atoms with E-state index in [1.807, 2.05) is 0 Å². The molecule has 0 spiro atoms. The molecule has 0 saturated carbocycles. The second kappa shape index (κ2) is 5.88. The van der Waals surface area contributed by atoms with Crippen molar-refractivity contribution in [2.45, 2.75) is 19.9 Å². The first-order chi connectivity index (χ1) is 11.0. The number of amides is 1. The van der Waals surface area contributed by atoms with Crippen molar-refractivity contribution < 1.29 is 13.7 Å². The standard InChI is InChI=1S/C14H14ClN5O3/c1-7-10(11(15)20(3)18-7)12-17-14(23-19-12)8(2)16-13(21)9-4-5-22-6-9/h4-6,8H,1-3H3,(H,16,21). The number of nitrogens with zero attached hydrogens (tertiary/aromatic N) is 4. The number of aryl methyl sites for hydroxylation is 2. The topological polar surface area (TPSA) is 99.0 Å². The zero-order chi connectivity index (χ0) is 16.6. The maximum Gasteiger partial charge on any atom is 0.255 e. The molecule has 1 N–H and O–H groups in total. The first-order valence-corrected chi connectivity index (χ1v) is 7.21. The van der Waals surface area contributed by atoms with Crippen LogP contribution in [0.3, 0.4) is 0 Å². The Morgan fingerprint density at radius 1 is 1.48 bits per heavy atom. The highest BCUT2D eigenvalue weighted by atomic mass is 35.5. The van der Waals surface area contributed by atoms with Gasteiger partial charge in [0.05, 0.1) is 23.1 Å². The van der Waals surface area contributed by atoms with Gasteiger partial charge in [-0.15, -0.1) is 0 Å². The molecule has 120 valence electrons. The number of carbonyl (C=O) groups is 1. The second-order valence-electron chi connectivity index (χ2n) is 5.04. The molecule has 0 aliphatic carbocycles. The minimum absolute atomic E-state index is 0.274. The fraction of sp³-hybridized carbons (Fsp3) is 0.286. The molecule has 0 saturated heterocycles. The molecule has 3 rings (SSSR count). The van der Waals surface area contributed by atoms with Gasteiger partial charge in [0.2, 0.25) is 11.7 Å². The number of nitrogens with one attached hydrogen (secondary N) is 1. The summed E-state index contributed by atoms with van der Waals surface area (Å²) in [6, 6.07) is 1.11. The Labute approximate surface area is 136 Å². The number of hydrogen-bond acceptors (Lipinski definition) is 6. The largest absolute Gasteiger partial charge is 0.472 e. The van der Waals surface area contributed by atoms with Crippen molar-refractivity contribution in [3.8, 4) is 11.4 Å². The molecule has 1 amide bonds. The van der Waals surface area contributed by atoms with E-state index < -0.39 is 6.04 Å². The summed E-state index contributed by atoms with van der Waals surface area (Å²) < 4.78 is 11.6. The Balaban J connectivity index is 1.80. The predicted molar refractivity (Wildman–Crippen MR) is 80.8 cm³/mol. The number of hydrogen-bond donors (Lipinski definition) is 1. The van der Waals surface area contributed by atoms with Crippen LogP contribution in [0.1, 0.15) is 34.9 Å². The van der Waals surface area contributed by atoms with E-state index in [9.17, 15) is 4.79 Å². The molecule has 23 heavy (non-hydrogen) atoms. The van der Waals surface area contributed by atoms with E-state index in [0.717, 1.165) is 0 Å². The van der Waals surface area contributed by atoms with Crippen LogP contribution in [-0.2, 0) is 7.05 Å². The van der Waals surface area contributed by atoms with Crippen LogP contribution in [-0.4, -0.2) is 25.8 Å². The Morgan fingerprint density at radius 2 is 2.26 bits per heavy atom. The minimum Gasteiger partial charge on any atom is -0.472 e. The molecule has 8 nitrogen and oxygen atoms in total. The van der Waals surface area contributed by atoms with Gasteiger partial charge in [-0.05, 0) is 19.9 Å². The summed E-state index contributed by atoms with van der Waals surface area (Å²) in [4.78, 5) is 16.3. The monoisotopic (exact) mass is 335 g/mol. The molecular formula is C14H14ClN5O3. The lowest BCUT2D eigenvalue weighted by atomic mass is 10.2. The molecule has 0 aliphatic rings. The number of furan rings is 1. The maximum atomic E-state index is 12.0. The molecule has 0 bridgehead atoms. The summed E-state index contributed by atoms with van der Waals surface area (Å²) in [6.45, 7) is 3.55. The highest BCUT2D eigenvalue weighted by molar-refractivity contribution is 6.32. The van der Waals surface area contributed by atoms with Gasteiger partial charge < -0.3 is 14.3 Å². The summed E-state index contributed by atoms with van der Waals surface area (Å²) in [6.07, 6.45) is 2.79. The number of halogens is 1. The molecule has 3 heterocycles. The summed E-state index contributed by atoms with van der Waals surface area (Å²) in [7, 11) is 1.73. The van der Waals surface area contributed by atoms with Gasteiger partial charge in [0.25, 0.3) is 5.91 Å². The minimum atomic E-state index is -0.464. The number of rotatable bonds is 4. The van der Waals surface area contributed by atoms with Crippen molar-refractivity contribution in [2.24, 2.45) is 7.05 Å². The SMILES string of the molecule is Cc1nn(C)c(Cl)c1-c1noc(C(C)NC(=O)c2ccoc2)n1. The van der Waals surface area contributed by atoms with Crippen LogP contribution in [0.4, 0.5) is 0 Å². The van der Waals surface area contributed by atoms with Crippen LogP contribution >= 0.6 is 11.6 Å². The Hall–Kier alpha value is -2.61. The third-order valence-electron chi connectivity index (χ3n) is 3.32. The lowest BCUT2D eigenvalue weighted by Crippen LogP contribution is -2.26. The van der Waals surface area contributed by atoms with Crippen molar-refractivity contribution in [1.29, 1.82) is 0 Å². The zero-order valence-corrected chi connectivity index (χ0v) is 13.5. The lowest BCUT2D eigenvalue weighted by Gasteiger charge is -2.07. The van der Waals surface area contributed by atoms with Crippen LogP contribution in [0.2, 0.25) is 5.15 Å².